The smallest absolute Gasteiger partial charge is 0.0550 e. The highest BCUT2D eigenvalue weighted by Gasteiger charge is 2.04. The Morgan fingerprint density at radius 3 is 2.67 bits per heavy atom. The van der Waals surface area contributed by atoms with E-state index in [9.17, 15) is 0 Å². The predicted octanol–water partition coefficient (Wildman–Crippen LogP) is 4.13. The monoisotopic (exact) mass is 218 g/mol. The van der Waals surface area contributed by atoms with Crippen LogP contribution >= 0.6 is 36.0 Å². The van der Waals surface area contributed by atoms with Crippen molar-refractivity contribution in [1.29, 1.82) is 0 Å². The van der Waals surface area contributed by atoms with E-state index in [0.29, 0.717) is 5.25 Å². The van der Waals surface area contributed by atoms with Crippen molar-refractivity contribution in [2.45, 2.75) is 28.9 Å². The van der Waals surface area contributed by atoms with E-state index >= 15 is 0 Å². The average molecular weight is 219 g/mol. The van der Waals surface area contributed by atoms with Crippen molar-refractivity contribution in [3.63, 3.8) is 0 Å². The number of thioether (sulfide) groups is 1. The van der Waals surface area contributed by atoms with Gasteiger partial charge in [0, 0.05) is 15.0 Å². The molecule has 0 unspecified atom stereocenters. The van der Waals surface area contributed by atoms with Gasteiger partial charge in [-0.2, -0.15) is 0 Å². The van der Waals surface area contributed by atoms with Crippen LogP contribution in [0.15, 0.2) is 28.0 Å². The number of hydrogen-bond donors (Lipinski definition) is 1. The van der Waals surface area contributed by atoms with Gasteiger partial charge in [-0.1, -0.05) is 31.5 Å². The zero-order chi connectivity index (χ0) is 9.14. The van der Waals surface area contributed by atoms with Gasteiger partial charge >= 0.3 is 0 Å². The minimum absolute atomic E-state index is 0.564. The number of halogens is 1. The Kier molecular flexibility index (Phi) is 3.81. The molecule has 0 fully saturated rings. The van der Waals surface area contributed by atoms with Gasteiger partial charge < -0.3 is 0 Å². The molecule has 1 aromatic carbocycles. The summed E-state index contributed by atoms with van der Waals surface area (Å²) in [6, 6.07) is 5.85. The lowest BCUT2D eigenvalue weighted by atomic mass is 10.4. The van der Waals surface area contributed by atoms with Gasteiger partial charge in [-0.25, -0.2) is 0 Å². The molecule has 3 heteroatoms. The highest BCUT2D eigenvalue weighted by Crippen LogP contribution is 2.33. The second-order valence-corrected chi connectivity index (χ2v) is 5.23. The molecule has 0 N–H and O–H groups in total. The predicted molar refractivity (Wildman–Crippen MR) is 59.7 cm³/mol. The van der Waals surface area contributed by atoms with Gasteiger partial charge in [0.25, 0.3) is 0 Å². The average Bonchev–Trinajstić information content (AvgIpc) is 1.98. The van der Waals surface area contributed by atoms with Crippen LogP contribution in [-0.2, 0) is 0 Å². The normalized spacial score (nSPS) is 10.8. The Balaban J connectivity index is 2.92. The maximum absolute atomic E-state index is 5.91. The lowest BCUT2D eigenvalue weighted by molar-refractivity contribution is 1.10. The molecule has 0 aliphatic heterocycles. The van der Waals surface area contributed by atoms with Crippen molar-refractivity contribution >= 4 is 36.0 Å². The molecule has 0 aromatic heterocycles. The van der Waals surface area contributed by atoms with E-state index < -0.39 is 0 Å². The van der Waals surface area contributed by atoms with Crippen LogP contribution in [0, 0.1) is 0 Å². The second kappa shape index (κ2) is 4.45. The van der Waals surface area contributed by atoms with Crippen LogP contribution in [0.4, 0.5) is 0 Å². The summed E-state index contributed by atoms with van der Waals surface area (Å²) in [4.78, 5) is 2.04. The molecular formula is C9H11ClS2. The van der Waals surface area contributed by atoms with Crippen LogP contribution in [0.3, 0.4) is 0 Å². The zero-order valence-corrected chi connectivity index (χ0v) is 9.51. The van der Waals surface area contributed by atoms with Gasteiger partial charge in [0.2, 0.25) is 0 Å². The van der Waals surface area contributed by atoms with Crippen molar-refractivity contribution < 1.29 is 0 Å². The van der Waals surface area contributed by atoms with Crippen molar-refractivity contribution in [2.75, 3.05) is 0 Å². The fourth-order valence-corrected chi connectivity index (χ4v) is 2.27. The van der Waals surface area contributed by atoms with Crippen molar-refractivity contribution in [1.82, 2.24) is 0 Å². The van der Waals surface area contributed by atoms with E-state index in [-0.39, 0.29) is 0 Å². The first-order valence-electron chi connectivity index (χ1n) is 3.75. The number of hydrogen-bond acceptors (Lipinski definition) is 2. The minimum Gasteiger partial charge on any atom is -0.141 e. The lowest BCUT2D eigenvalue weighted by Gasteiger charge is -2.07. The van der Waals surface area contributed by atoms with Gasteiger partial charge in [0.1, 0.15) is 0 Å². The van der Waals surface area contributed by atoms with Gasteiger partial charge in [-0.15, -0.1) is 24.4 Å². The molecule has 0 atom stereocenters. The molecule has 0 aliphatic carbocycles. The van der Waals surface area contributed by atoms with Crippen LogP contribution in [0.1, 0.15) is 13.8 Å². The van der Waals surface area contributed by atoms with Gasteiger partial charge in [0.05, 0.1) is 5.02 Å². The molecule has 0 saturated heterocycles. The summed E-state index contributed by atoms with van der Waals surface area (Å²) in [5, 5.41) is 1.29. The summed E-state index contributed by atoms with van der Waals surface area (Å²) in [5.41, 5.74) is 0. The summed E-state index contributed by atoms with van der Waals surface area (Å²) in [5.74, 6) is 0. The molecule has 0 nitrogen and oxygen atoms in total. The number of thiol groups is 1. The molecule has 1 rings (SSSR count). The molecule has 0 radical (unpaired) electrons. The van der Waals surface area contributed by atoms with Gasteiger partial charge in [-0.05, 0) is 12.1 Å². The third-order valence-corrected chi connectivity index (χ3v) is 3.46. The van der Waals surface area contributed by atoms with E-state index in [1.165, 1.54) is 0 Å². The first-order valence-corrected chi connectivity index (χ1v) is 5.46. The Morgan fingerprint density at radius 2 is 2.08 bits per heavy atom. The second-order valence-electron chi connectivity index (χ2n) is 2.75. The van der Waals surface area contributed by atoms with Crippen molar-refractivity contribution in [2.24, 2.45) is 0 Å². The Labute approximate surface area is 88.1 Å². The first kappa shape index (κ1) is 10.3. The van der Waals surface area contributed by atoms with Crippen LogP contribution in [0.5, 0.6) is 0 Å². The van der Waals surface area contributed by atoms with E-state index in [1.54, 1.807) is 11.8 Å². The van der Waals surface area contributed by atoms with Crippen LogP contribution in [-0.4, -0.2) is 5.25 Å². The zero-order valence-electron chi connectivity index (χ0n) is 7.04. The van der Waals surface area contributed by atoms with E-state index in [1.807, 2.05) is 18.2 Å². The van der Waals surface area contributed by atoms with E-state index in [2.05, 4.69) is 26.5 Å². The molecule has 0 spiro atoms. The first-order chi connectivity index (χ1) is 5.61. The highest BCUT2D eigenvalue weighted by molar-refractivity contribution is 8.00. The lowest BCUT2D eigenvalue weighted by Crippen LogP contribution is -1.86. The molecule has 0 amide bonds. The van der Waals surface area contributed by atoms with Crippen molar-refractivity contribution in [3.8, 4) is 0 Å². The van der Waals surface area contributed by atoms with Crippen LogP contribution in [0.2, 0.25) is 5.02 Å². The maximum atomic E-state index is 5.91. The molecule has 0 saturated carbocycles. The Bertz CT molecular complexity index is 271. The molecular weight excluding hydrogens is 208 g/mol. The summed E-state index contributed by atoms with van der Waals surface area (Å²) in [7, 11) is 0. The van der Waals surface area contributed by atoms with Crippen LogP contribution in [0.25, 0.3) is 0 Å². The molecule has 0 aliphatic rings. The minimum atomic E-state index is 0.564. The summed E-state index contributed by atoms with van der Waals surface area (Å²) < 4.78 is 0. The highest BCUT2D eigenvalue weighted by atomic mass is 35.5. The summed E-state index contributed by atoms with van der Waals surface area (Å²) >= 11 is 12.0. The van der Waals surface area contributed by atoms with E-state index in [4.69, 9.17) is 11.6 Å². The fourth-order valence-electron chi connectivity index (χ4n) is 0.845. The van der Waals surface area contributed by atoms with Crippen molar-refractivity contribution in [3.05, 3.63) is 23.2 Å². The third kappa shape index (κ3) is 2.61. The summed E-state index contributed by atoms with van der Waals surface area (Å²) in [6.45, 7) is 4.30. The third-order valence-electron chi connectivity index (χ3n) is 1.31. The molecule has 0 heterocycles. The molecule has 12 heavy (non-hydrogen) atoms. The van der Waals surface area contributed by atoms with Crippen LogP contribution < -0.4 is 0 Å². The van der Waals surface area contributed by atoms with Gasteiger partial charge in [0.15, 0.2) is 0 Å². The number of rotatable bonds is 2. The number of benzene rings is 1. The molecule has 66 valence electrons. The molecule has 0 bridgehead atoms. The standard InChI is InChI=1S/C9H11ClS2/c1-6(2)12-8-5-3-4-7(10)9(8)11/h3-6,11H,1-2H3. The van der Waals surface area contributed by atoms with Gasteiger partial charge in [-0.3, -0.25) is 0 Å². The fraction of sp³-hybridized carbons (Fsp3) is 0.333. The maximum Gasteiger partial charge on any atom is 0.0550 e. The van der Waals surface area contributed by atoms with E-state index in [0.717, 1.165) is 14.8 Å². The largest absolute Gasteiger partial charge is 0.141 e. The topological polar surface area (TPSA) is 0 Å². The Morgan fingerprint density at radius 1 is 1.42 bits per heavy atom. The quantitative estimate of drug-likeness (QED) is 0.576. The SMILES string of the molecule is CC(C)Sc1cccc(Cl)c1S. The summed E-state index contributed by atoms with van der Waals surface area (Å²) in [6.07, 6.45) is 0. The molecule has 1 aromatic rings. The Hall–Kier alpha value is 0.210.